The van der Waals surface area contributed by atoms with Crippen molar-refractivity contribution >= 4 is 0 Å². The molecule has 0 saturated heterocycles. The molecule has 23 fully saturated rings. The standard InChI is InChI=1S/C14H26.C12H20.C12H22.C11H20.2C10H18.2C9H16.C8H16/c1-12-4-6-14(7-5-12)10-8-13(2,3)9-11-14;1-2-12-6-9-3-10(7-12)5-11(4-9)8-12;1-11-5-9-12(10-6-11)7-3-2-4-8-12;1-8-9-4-6-10(7-5-9)11(8,2)3;1-8-7-9-3-5-10(8,2)6-4-9;1-7-8(2)10-5-3-9(7)4-6-10;1-7-6-8-2-4-9(7)5-3-8;1-2-8-5-7-3-4-9(8)6-7;1-3-8(2)6-4-5-7-8/h12H,4-11H2,1-3H3;9-11H,2-8H2,1H3;11H,2-10H2,1H3;8-10H,4-7H2,1-3H3;8-9H,3-7H2,1-2H3;7-10H,3-6H2,1-2H3;2*7-9H,2-6H2,1H3;3-7H2,1-2H3/t;;;2*8-,9?,10?;7-,8?,9?,10?;7-,8?,9?;;/m...1000../s1. The van der Waals surface area contributed by atoms with Gasteiger partial charge in [0.1, 0.15) is 0 Å². The van der Waals surface area contributed by atoms with Gasteiger partial charge in [-0.3, -0.25) is 0 Å². The Morgan fingerprint density at radius 1 is 0.316 bits per heavy atom. The molecule has 0 N–H and O–H groups in total. The van der Waals surface area contributed by atoms with Gasteiger partial charge in [0.2, 0.25) is 0 Å². The highest BCUT2D eigenvalue weighted by molar-refractivity contribution is 5.02. The molecule has 23 aliphatic rings. The molecule has 0 aromatic carbocycles. The smallest absolute Gasteiger partial charge is 0.0292 e. The third-order valence-electron chi connectivity index (χ3n) is 36.6. The molecule has 0 aliphatic heterocycles. The molecule has 0 aromatic heterocycles. The minimum atomic E-state index is 0.647. The Morgan fingerprint density at radius 3 is 1.07 bits per heavy atom. The first kappa shape index (κ1) is 77.6. The Hall–Kier alpha value is 0. The second-order valence-electron chi connectivity index (χ2n) is 43.4. The maximum absolute atomic E-state index is 2.49. The van der Waals surface area contributed by atoms with Crippen molar-refractivity contribution in [2.75, 3.05) is 0 Å². The van der Waals surface area contributed by atoms with Gasteiger partial charge in [-0.05, 0) is 394 Å². The lowest BCUT2D eigenvalue weighted by Gasteiger charge is -2.56. The van der Waals surface area contributed by atoms with Gasteiger partial charge in [0.05, 0.1) is 0 Å². The first-order chi connectivity index (χ1) is 45.3. The fraction of sp³-hybridized carbons (Fsp3) is 1.00. The van der Waals surface area contributed by atoms with Crippen LogP contribution in [0, 0.1) is 156 Å². The summed E-state index contributed by atoms with van der Waals surface area (Å²) in [5.74, 6) is 21.7. The minimum Gasteiger partial charge on any atom is -0.0651 e. The van der Waals surface area contributed by atoms with Crippen LogP contribution in [0.25, 0.3) is 0 Å². The molecule has 14 bridgehead atoms. The summed E-state index contributed by atoms with van der Waals surface area (Å²) < 4.78 is 0. The van der Waals surface area contributed by atoms with Crippen LogP contribution in [-0.4, -0.2) is 0 Å². The molecule has 0 amide bonds. The predicted molar refractivity (Wildman–Crippen MR) is 418 cm³/mol. The van der Waals surface area contributed by atoms with E-state index in [1.54, 1.807) is 122 Å². The highest BCUT2D eigenvalue weighted by Gasteiger charge is 2.51. The van der Waals surface area contributed by atoms with Gasteiger partial charge in [-0.2, -0.15) is 0 Å². The van der Waals surface area contributed by atoms with Crippen LogP contribution in [0.15, 0.2) is 0 Å². The molecule has 0 nitrogen and oxygen atoms in total. The summed E-state index contributed by atoms with van der Waals surface area (Å²) in [4.78, 5) is 0. The van der Waals surface area contributed by atoms with E-state index in [0.717, 1.165) is 145 Å². The number of fused-ring (bicyclic) bond motifs is 14. The van der Waals surface area contributed by atoms with Crippen molar-refractivity contribution in [1.29, 1.82) is 0 Å². The molecule has 0 radical (unpaired) electrons. The van der Waals surface area contributed by atoms with Gasteiger partial charge >= 0.3 is 0 Å². The fourth-order valence-corrected chi connectivity index (χ4v) is 27.6. The SMILES string of the molecule is CC1C2CCC(CC2)[C@H]1C.CC1CCC2(CC1)CCC(C)(C)CC2.CC1CCC2(CCCCC2)CC1.CCC1(C)CCCC1.CCC12CC3CC(CC(C3)C1)C2.CCC1CC2CCC1C2.C[C@@H]1C2CCC(CC2)C1(C)C.C[C@H]1CC2CCC1(C)CC2.C[C@H]1CC2CCC1CC2. The second kappa shape index (κ2) is 34.3. The van der Waals surface area contributed by atoms with Gasteiger partial charge < -0.3 is 0 Å². The lowest BCUT2D eigenvalue weighted by Crippen LogP contribution is -2.45. The second-order valence-corrected chi connectivity index (χ2v) is 43.4. The average Bonchev–Trinajstić information content (AvgIpc) is 1.23. The van der Waals surface area contributed by atoms with Gasteiger partial charge in [-0.15, -0.1) is 0 Å². The Morgan fingerprint density at radius 2 is 0.758 bits per heavy atom. The topological polar surface area (TPSA) is 0 Å². The zero-order chi connectivity index (χ0) is 67.8. The summed E-state index contributed by atoms with van der Waals surface area (Å²) >= 11 is 0. The molecule has 23 aliphatic carbocycles. The van der Waals surface area contributed by atoms with Gasteiger partial charge in [0.15, 0.2) is 0 Å². The predicted octanol–water partition coefficient (Wildman–Crippen LogP) is 31.0. The number of hydrogen-bond acceptors (Lipinski definition) is 0. The first-order valence-electron chi connectivity index (χ1n) is 45.3. The van der Waals surface area contributed by atoms with Crippen molar-refractivity contribution in [1.82, 2.24) is 0 Å². The van der Waals surface area contributed by atoms with Gasteiger partial charge in [0.25, 0.3) is 0 Å². The molecule has 0 heterocycles. The molecule has 4 unspecified atom stereocenters. The zero-order valence-corrected chi connectivity index (χ0v) is 67.8. The molecule has 23 rings (SSSR count). The van der Waals surface area contributed by atoms with Crippen molar-refractivity contribution in [3.05, 3.63) is 0 Å². The van der Waals surface area contributed by atoms with Crippen molar-refractivity contribution in [2.45, 2.75) is 445 Å². The Kier molecular flexibility index (Phi) is 28.0. The quantitative estimate of drug-likeness (QED) is 0.264. The zero-order valence-electron chi connectivity index (χ0n) is 67.8. The number of rotatable bonds is 3. The normalized spacial score (nSPS) is 44.5. The molecule has 0 heteroatoms. The van der Waals surface area contributed by atoms with Crippen LogP contribution in [-0.2, 0) is 0 Å². The summed E-state index contributed by atoms with van der Waals surface area (Å²) in [6.45, 7) is 39.0. The van der Waals surface area contributed by atoms with E-state index < -0.39 is 0 Å². The lowest BCUT2D eigenvalue weighted by molar-refractivity contribution is -0.0545. The van der Waals surface area contributed by atoms with Crippen LogP contribution in [0.2, 0.25) is 0 Å². The summed E-state index contributed by atoms with van der Waals surface area (Å²) in [6.07, 6.45) is 79.5. The van der Waals surface area contributed by atoms with Crippen LogP contribution in [0.1, 0.15) is 445 Å². The van der Waals surface area contributed by atoms with E-state index in [2.05, 4.69) is 111 Å². The van der Waals surface area contributed by atoms with Crippen LogP contribution in [0.5, 0.6) is 0 Å². The highest BCUT2D eigenvalue weighted by atomic mass is 14.6. The van der Waals surface area contributed by atoms with Gasteiger partial charge in [0, 0.05) is 0 Å². The Labute approximate surface area is 597 Å². The largest absolute Gasteiger partial charge is 0.0651 e. The van der Waals surface area contributed by atoms with E-state index in [9.17, 15) is 0 Å². The maximum atomic E-state index is 2.49. The van der Waals surface area contributed by atoms with E-state index in [0.29, 0.717) is 10.8 Å². The summed E-state index contributed by atoms with van der Waals surface area (Å²) in [6, 6.07) is 0. The minimum absolute atomic E-state index is 0.647. The number of hydrogen-bond donors (Lipinski definition) is 0. The third-order valence-corrected chi connectivity index (χ3v) is 36.6. The summed E-state index contributed by atoms with van der Waals surface area (Å²) in [7, 11) is 0. The van der Waals surface area contributed by atoms with Crippen LogP contribution < -0.4 is 0 Å². The van der Waals surface area contributed by atoms with Crippen LogP contribution >= 0.6 is 0 Å². The van der Waals surface area contributed by atoms with Crippen molar-refractivity contribution in [2.24, 2.45) is 156 Å². The van der Waals surface area contributed by atoms with E-state index in [4.69, 9.17) is 0 Å². The Balaban J connectivity index is 0.000000117. The van der Waals surface area contributed by atoms with Gasteiger partial charge in [-0.1, -0.05) is 207 Å². The first-order valence-corrected chi connectivity index (χ1v) is 45.3. The van der Waals surface area contributed by atoms with E-state index in [1.807, 2.05) is 0 Å². The third kappa shape index (κ3) is 20.5. The maximum Gasteiger partial charge on any atom is -0.0292 e. The summed E-state index contributed by atoms with van der Waals surface area (Å²) in [5, 5.41) is 0. The van der Waals surface area contributed by atoms with E-state index >= 15 is 0 Å². The summed E-state index contributed by atoms with van der Waals surface area (Å²) in [5.41, 5.74) is 5.26. The lowest BCUT2D eigenvalue weighted by atomic mass is 9.49. The van der Waals surface area contributed by atoms with E-state index in [-0.39, 0.29) is 0 Å². The van der Waals surface area contributed by atoms with Crippen molar-refractivity contribution < 1.29 is 0 Å². The molecule has 552 valence electrons. The molecule has 8 atom stereocenters. The fourth-order valence-electron chi connectivity index (χ4n) is 27.6. The van der Waals surface area contributed by atoms with Crippen LogP contribution in [0.4, 0.5) is 0 Å². The van der Waals surface area contributed by atoms with E-state index in [1.165, 1.54) is 212 Å². The molecule has 23 saturated carbocycles. The average molecular weight is 1310 g/mol. The molecule has 0 aromatic rings. The highest BCUT2D eigenvalue weighted by Crippen LogP contribution is 2.62. The van der Waals surface area contributed by atoms with Crippen LogP contribution in [0.3, 0.4) is 0 Å². The molecule has 95 heavy (non-hydrogen) atoms. The monoisotopic (exact) mass is 1310 g/mol. The molecular formula is C95H172. The van der Waals surface area contributed by atoms with Crippen molar-refractivity contribution in [3.63, 3.8) is 0 Å². The van der Waals surface area contributed by atoms with Crippen molar-refractivity contribution in [3.8, 4) is 0 Å². The Bertz CT molecular complexity index is 2080. The van der Waals surface area contributed by atoms with Gasteiger partial charge in [-0.25, -0.2) is 0 Å². The molecular weight excluding hydrogens is 1140 g/mol. The molecule has 2 spiro atoms.